The number of halogens is 1. The zero-order valence-electron chi connectivity index (χ0n) is 15.2. The molecule has 0 heterocycles. The van der Waals surface area contributed by atoms with Gasteiger partial charge in [-0.2, -0.15) is 0 Å². The van der Waals surface area contributed by atoms with Crippen LogP contribution >= 0.6 is 11.6 Å². The molecule has 1 N–H and O–H groups in total. The number of alkyl halides is 1. The lowest BCUT2D eigenvalue weighted by molar-refractivity contribution is -0.171. The third kappa shape index (κ3) is 3.36. The number of rotatable bonds is 5. The summed E-state index contributed by atoms with van der Waals surface area (Å²) in [5.41, 5.74) is 0.564. The van der Waals surface area contributed by atoms with Gasteiger partial charge in [0.1, 0.15) is 0 Å². The predicted octanol–water partition coefficient (Wildman–Crippen LogP) is 3.98. The molecule has 4 aliphatic rings. The molecular formula is C21H26ClNO3. The summed E-state index contributed by atoms with van der Waals surface area (Å²) < 4.78 is 5.46. The van der Waals surface area contributed by atoms with Gasteiger partial charge in [0.05, 0.1) is 11.5 Å². The fourth-order valence-corrected chi connectivity index (χ4v) is 6.47. The molecule has 1 aromatic rings. The van der Waals surface area contributed by atoms with Crippen LogP contribution in [0.3, 0.4) is 0 Å². The summed E-state index contributed by atoms with van der Waals surface area (Å²) >= 11 is 6.78. The van der Waals surface area contributed by atoms with Gasteiger partial charge in [-0.05, 0) is 62.8 Å². The van der Waals surface area contributed by atoms with E-state index in [1.54, 1.807) is 0 Å². The number of benzene rings is 1. The average molecular weight is 376 g/mol. The third-order valence-electron chi connectivity index (χ3n) is 6.43. The molecule has 0 aliphatic heterocycles. The molecule has 140 valence electrons. The molecule has 5 atom stereocenters. The van der Waals surface area contributed by atoms with Crippen LogP contribution in [-0.2, 0) is 14.3 Å². The van der Waals surface area contributed by atoms with E-state index in [1.807, 2.05) is 37.3 Å². The van der Waals surface area contributed by atoms with Gasteiger partial charge < -0.3 is 10.1 Å². The van der Waals surface area contributed by atoms with E-state index in [9.17, 15) is 9.59 Å². The Bertz CT molecular complexity index is 690. The molecule has 0 aromatic heterocycles. The second-order valence-electron chi connectivity index (χ2n) is 8.67. The summed E-state index contributed by atoms with van der Waals surface area (Å²) in [7, 11) is 0. The van der Waals surface area contributed by atoms with Crippen molar-refractivity contribution in [3.8, 4) is 0 Å². The number of hydrogen-bond acceptors (Lipinski definition) is 3. The monoisotopic (exact) mass is 375 g/mol. The van der Waals surface area contributed by atoms with Gasteiger partial charge >= 0.3 is 5.97 Å². The van der Waals surface area contributed by atoms with Crippen LogP contribution < -0.4 is 5.32 Å². The van der Waals surface area contributed by atoms with Crippen LogP contribution in [0.25, 0.3) is 0 Å². The summed E-state index contributed by atoms with van der Waals surface area (Å²) in [6.45, 7) is 1.70. The van der Waals surface area contributed by atoms with E-state index in [-0.39, 0.29) is 29.4 Å². The Morgan fingerprint density at radius 1 is 1.19 bits per heavy atom. The number of carbonyl (C=O) groups is 2. The van der Waals surface area contributed by atoms with Gasteiger partial charge in [0.15, 0.2) is 6.61 Å². The van der Waals surface area contributed by atoms with E-state index in [0.717, 1.165) is 31.2 Å². The Kier molecular flexibility index (Phi) is 4.50. The van der Waals surface area contributed by atoms with Gasteiger partial charge in [-0.15, -0.1) is 11.6 Å². The first-order valence-electron chi connectivity index (χ1n) is 9.58. The van der Waals surface area contributed by atoms with Crippen LogP contribution in [0.4, 0.5) is 0 Å². The highest BCUT2D eigenvalue weighted by atomic mass is 35.5. The SMILES string of the molecule is C[C@H](NC(=O)COC(=O)C12C[C@@H]3C[C@@H](CC(Cl)(C3)C1)C2)c1ccccc1. The van der Waals surface area contributed by atoms with Crippen LogP contribution in [-0.4, -0.2) is 23.4 Å². The van der Waals surface area contributed by atoms with Gasteiger partial charge in [-0.1, -0.05) is 30.3 Å². The van der Waals surface area contributed by atoms with Crippen molar-refractivity contribution in [2.75, 3.05) is 6.61 Å². The van der Waals surface area contributed by atoms with Crippen molar-refractivity contribution in [2.24, 2.45) is 17.3 Å². The third-order valence-corrected chi connectivity index (χ3v) is 6.88. The predicted molar refractivity (Wildman–Crippen MR) is 99.7 cm³/mol. The Labute approximate surface area is 159 Å². The molecule has 0 spiro atoms. The maximum Gasteiger partial charge on any atom is 0.312 e. The van der Waals surface area contributed by atoms with E-state index < -0.39 is 5.41 Å². The highest BCUT2D eigenvalue weighted by molar-refractivity contribution is 6.24. The van der Waals surface area contributed by atoms with Crippen LogP contribution in [0.15, 0.2) is 30.3 Å². The molecular weight excluding hydrogens is 350 g/mol. The molecule has 4 saturated carbocycles. The van der Waals surface area contributed by atoms with Crippen molar-refractivity contribution in [1.82, 2.24) is 5.32 Å². The van der Waals surface area contributed by atoms with Crippen molar-refractivity contribution >= 4 is 23.5 Å². The van der Waals surface area contributed by atoms with Crippen molar-refractivity contribution in [3.63, 3.8) is 0 Å². The largest absolute Gasteiger partial charge is 0.455 e. The zero-order valence-corrected chi connectivity index (χ0v) is 15.9. The summed E-state index contributed by atoms with van der Waals surface area (Å²) in [6, 6.07) is 9.63. The topological polar surface area (TPSA) is 55.4 Å². The Morgan fingerprint density at radius 3 is 2.46 bits per heavy atom. The molecule has 1 aromatic carbocycles. The number of ether oxygens (including phenoxy) is 1. The summed E-state index contributed by atoms with van der Waals surface area (Å²) in [6.07, 6.45) is 5.69. The minimum atomic E-state index is -0.461. The van der Waals surface area contributed by atoms with Crippen molar-refractivity contribution in [1.29, 1.82) is 0 Å². The average Bonchev–Trinajstić information content (AvgIpc) is 2.58. The number of carbonyl (C=O) groups excluding carboxylic acids is 2. The zero-order chi connectivity index (χ0) is 18.4. The molecule has 1 amide bonds. The Hall–Kier alpha value is -1.55. The number of amides is 1. The first-order chi connectivity index (χ1) is 12.4. The van der Waals surface area contributed by atoms with Crippen molar-refractivity contribution in [3.05, 3.63) is 35.9 Å². The minimum absolute atomic E-state index is 0.118. The number of hydrogen-bond donors (Lipinski definition) is 1. The fraction of sp³-hybridized carbons (Fsp3) is 0.619. The lowest BCUT2D eigenvalue weighted by Crippen LogP contribution is -2.56. The Morgan fingerprint density at radius 2 is 1.85 bits per heavy atom. The van der Waals surface area contributed by atoms with Gasteiger partial charge in [-0.25, -0.2) is 0 Å². The second-order valence-corrected chi connectivity index (χ2v) is 9.47. The molecule has 4 bridgehead atoms. The molecule has 4 nitrogen and oxygen atoms in total. The molecule has 5 heteroatoms. The second kappa shape index (κ2) is 6.56. The molecule has 5 rings (SSSR count). The maximum absolute atomic E-state index is 12.8. The van der Waals surface area contributed by atoms with E-state index in [0.29, 0.717) is 18.3 Å². The Balaban J connectivity index is 1.33. The van der Waals surface area contributed by atoms with Crippen LogP contribution in [0.2, 0.25) is 0 Å². The molecule has 2 unspecified atom stereocenters. The molecule has 0 radical (unpaired) electrons. The first kappa shape index (κ1) is 17.8. The molecule has 26 heavy (non-hydrogen) atoms. The molecule has 0 saturated heterocycles. The maximum atomic E-state index is 12.8. The van der Waals surface area contributed by atoms with Gasteiger partial charge in [0, 0.05) is 4.87 Å². The summed E-state index contributed by atoms with van der Waals surface area (Å²) in [4.78, 5) is 24.8. The standard InChI is InChI=1S/C21H26ClNO3/c1-14(17-5-3-2-4-6-17)23-18(24)12-26-19(25)20-8-15-7-16(9-20)11-21(22,10-15)13-20/h2-6,14-16H,7-13H2,1H3,(H,23,24)/t14-,15-,16+,20?,21?/m0/s1. The van der Waals surface area contributed by atoms with Gasteiger partial charge in [0.25, 0.3) is 5.91 Å². The van der Waals surface area contributed by atoms with E-state index in [2.05, 4.69) is 5.32 Å². The van der Waals surface area contributed by atoms with E-state index >= 15 is 0 Å². The van der Waals surface area contributed by atoms with Crippen LogP contribution in [0.1, 0.15) is 57.1 Å². The normalized spacial score (nSPS) is 35.8. The van der Waals surface area contributed by atoms with Crippen molar-refractivity contribution < 1.29 is 14.3 Å². The molecule has 4 fully saturated rings. The van der Waals surface area contributed by atoms with Crippen molar-refractivity contribution in [2.45, 2.75) is 56.4 Å². The van der Waals surface area contributed by atoms with Gasteiger partial charge in [-0.3, -0.25) is 9.59 Å². The van der Waals surface area contributed by atoms with E-state index in [1.165, 1.54) is 6.42 Å². The summed E-state index contributed by atoms with van der Waals surface area (Å²) in [5.74, 6) is 0.584. The lowest BCUT2D eigenvalue weighted by atomic mass is 9.49. The lowest BCUT2D eigenvalue weighted by Gasteiger charge is -2.58. The van der Waals surface area contributed by atoms with Gasteiger partial charge in [0.2, 0.25) is 0 Å². The first-order valence-corrected chi connectivity index (χ1v) is 9.96. The fourth-order valence-electron chi connectivity index (χ4n) is 5.78. The molecule has 4 aliphatic carbocycles. The van der Waals surface area contributed by atoms with Crippen LogP contribution in [0, 0.1) is 17.3 Å². The summed E-state index contributed by atoms with van der Waals surface area (Å²) in [5, 5.41) is 2.89. The minimum Gasteiger partial charge on any atom is -0.455 e. The van der Waals surface area contributed by atoms with E-state index in [4.69, 9.17) is 16.3 Å². The highest BCUT2D eigenvalue weighted by Gasteiger charge is 2.60. The quantitative estimate of drug-likeness (QED) is 0.625. The smallest absolute Gasteiger partial charge is 0.312 e. The highest BCUT2D eigenvalue weighted by Crippen LogP contribution is 2.64. The van der Waals surface area contributed by atoms with Crippen LogP contribution in [0.5, 0.6) is 0 Å². The number of esters is 1. The number of nitrogens with one attached hydrogen (secondary N) is 1.